The molecule has 8 nitrogen and oxygen atoms in total. The predicted octanol–water partition coefficient (Wildman–Crippen LogP) is -0.508. The molecule has 0 aromatic heterocycles. The Hall–Kier alpha value is -1.83. The normalized spacial score (nSPS) is 18.4. The minimum absolute atomic E-state index is 0.368. The van der Waals surface area contributed by atoms with Crippen molar-refractivity contribution in [1.29, 1.82) is 0 Å². The fourth-order valence-corrected chi connectivity index (χ4v) is 1.74. The average Bonchev–Trinajstić information content (AvgIpc) is 2.78. The molecule has 3 amide bonds. The molecule has 1 atom stereocenters. The van der Waals surface area contributed by atoms with E-state index >= 15 is 0 Å². The van der Waals surface area contributed by atoms with Gasteiger partial charge < -0.3 is 15.8 Å². The lowest BCUT2D eigenvalue weighted by atomic mass is 10.2. The molecule has 0 bridgehead atoms. The molecule has 1 fully saturated rings. The van der Waals surface area contributed by atoms with Crippen LogP contribution in [0.5, 0.6) is 0 Å². The van der Waals surface area contributed by atoms with Gasteiger partial charge in [0.2, 0.25) is 5.91 Å². The van der Waals surface area contributed by atoms with Crippen LogP contribution in [0.15, 0.2) is 0 Å². The van der Waals surface area contributed by atoms with Crippen LogP contribution in [-0.4, -0.2) is 47.6 Å². The fourth-order valence-electron chi connectivity index (χ4n) is 1.74. The fraction of sp³-hybridized carbons (Fsp3) is 0.750. The van der Waals surface area contributed by atoms with Gasteiger partial charge in [-0.15, -0.1) is 0 Å². The first-order valence-electron chi connectivity index (χ1n) is 6.52. The van der Waals surface area contributed by atoms with Crippen molar-refractivity contribution < 1.29 is 19.1 Å². The Balaban J connectivity index is 2.65. The van der Waals surface area contributed by atoms with E-state index in [2.05, 4.69) is 10.7 Å². The molecule has 1 aliphatic rings. The summed E-state index contributed by atoms with van der Waals surface area (Å²) in [5.74, 6) is -1.12. The van der Waals surface area contributed by atoms with Gasteiger partial charge in [0.15, 0.2) is 0 Å². The summed E-state index contributed by atoms with van der Waals surface area (Å²) >= 11 is 0. The van der Waals surface area contributed by atoms with Crippen LogP contribution in [0, 0.1) is 0 Å². The van der Waals surface area contributed by atoms with E-state index in [0.29, 0.717) is 6.42 Å². The van der Waals surface area contributed by atoms with Crippen molar-refractivity contribution in [2.75, 3.05) is 13.1 Å². The van der Waals surface area contributed by atoms with Crippen LogP contribution in [-0.2, 0) is 14.3 Å². The number of hydrogen-bond acceptors (Lipinski definition) is 5. The van der Waals surface area contributed by atoms with Gasteiger partial charge in [0.05, 0.1) is 6.04 Å². The highest BCUT2D eigenvalue weighted by atomic mass is 16.6. The highest BCUT2D eigenvalue weighted by Gasteiger charge is 2.28. The third-order valence-corrected chi connectivity index (χ3v) is 2.55. The van der Waals surface area contributed by atoms with Crippen molar-refractivity contribution in [1.82, 2.24) is 15.8 Å². The quantitative estimate of drug-likeness (QED) is 0.605. The minimum atomic E-state index is -0.817. The Morgan fingerprint density at radius 3 is 2.50 bits per heavy atom. The molecule has 1 rings (SSSR count). The molecule has 0 aromatic rings. The number of amides is 3. The van der Waals surface area contributed by atoms with Crippen molar-refractivity contribution in [3.8, 4) is 0 Å². The van der Waals surface area contributed by atoms with E-state index in [0.717, 1.165) is 18.0 Å². The van der Waals surface area contributed by atoms with Crippen LogP contribution in [0.2, 0.25) is 0 Å². The van der Waals surface area contributed by atoms with Crippen LogP contribution in [0.1, 0.15) is 33.6 Å². The summed E-state index contributed by atoms with van der Waals surface area (Å²) in [5.41, 5.74) is 6.71. The van der Waals surface area contributed by atoms with Crippen LogP contribution >= 0.6 is 0 Å². The third-order valence-electron chi connectivity index (χ3n) is 2.55. The zero-order valence-corrected chi connectivity index (χ0v) is 12.1. The van der Waals surface area contributed by atoms with Crippen molar-refractivity contribution in [2.24, 2.45) is 5.73 Å². The van der Waals surface area contributed by atoms with Crippen molar-refractivity contribution in [3.05, 3.63) is 0 Å². The molecule has 4 N–H and O–H groups in total. The minimum Gasteiger partial charge on any atom is -0.442 e. The number of rotatable bonds is 3. The molecule has 8 heteroatoms. The predicted molar refractivity (Wildman–Crippen MR) is 71.3 cm³/mol. The Labute approximate surface area is 118 Å². The largest absolute Gasteiger partial charge is 0.442 e. The maximum Gasteiger partial charge on any atom is 0.429 e. The smallest absolute Gasteiger partial charge is 0.429 e. The number of carbonyl (C=O) groups excluding carboxylic acids is 3. The highest BCUT2D eigenvalue weighted by Crippen LogP contribution is 2.10. The summed E-state index contributed by atoms with van der Waals surface area (Å²) in [6, 6.07) is -0.368. The van der Waals surface area contributed by atoms with Gasteiger partial charge in [-0.3, -0.25) is 15.0 Å². The molecule has 0 spiro atoms. The average molecular weight is 286 g/mol. The SMILES string of the molecule is CC(C)(C)OC(=O)N(CC(N)=O)NC(=O)C1CCCN1. The molecule has 1 heterocycles. The van der Waals surface area contributed by atoms with E-state index < -0.39 is 24.1 Å². The van der Waals surface area contributed by atoms with Crippen LogP contribution < -0.4 is 16.5 Å². The zero-order valence-electron chi connectivity index (χ0n) is 12.1. The second-order valence-corrected chi connectivity index (χ2v) is 5.66. The van der Waals surface area contributed by atoms with Gasteiger partial charge in [0.25, 0.3) is 5.91 Å². The highest BCUT2D eigenvalue weighted by molar-refractivity contribution is 5.86. The number of nitrogens with two attached hydrogens (primary N) is 1. The Morgan fingerprint density at radius 2 is 2.05 bits per heavy atom. The molecule has 114 valence electrons. The lowest BCUT2D eigenvalue weighted by Gasteiger charge is -2.27. The van der Waals surface area contributed by atoms with Crippen LogP contribution in [0.4, 0.5) is 4.79 Å². The maximum atomic E-state index is 11.9. The van der Waals surface area contributed by atoms with Crippen LogP contribution in [0.3, 0.4) is 0 Å². The van der Waals surface area contributed by atoms with Gasteiger partial charge in [0.1, 0.15) is 12.1 Å². The van der Waals surface area contributed by atoms with E-state index in [4.69, 9.17) is 10.5 Å². The van der Waals surface area contributed by atoms with Gasteiger partial charge in [-0.25, -0.2) is 9.80 Å². The number of carbonyl (C=O) groups is 3. The maximum absolute atomic E-state index is 11.9. The molecule has 1 saturated heterocycles. The van der Waals surface area contributed by atoms with Gasteiger partial charge in [-0.05, 0) is 40.2 Å². The van der Waals surface area contributed by atoms with Gasteiger partial charge >= 0.3 is 6.09 Å². The Kier molecular flexibility index (Phi) is 5.32. The number of primary amides is 1. The second-order valence-electron chi connectivity index (χ2n) is 5.66. The molecule has 0 aromatic carbocycles. The lowest BCUT2D eigenvalue weighted by molar-refractivity contribution is -0.129. The summed E-state index contributed by atoms with van der Waals surface area (Å²) in [7, 11) is 0. The standard InChI is InChI=1S/C12H22N4O4/c1-12(2,3)20-11(19)16(7-9(13)17)15-10(18)8-5-4-6-14-8/h8,14H,4-7H2,1-3H3,(H2,13,17)(H,15,18). The number of nitrogens with zero attached hydrogens (tertiary/aromatic N) is 1. The molecule has 0 radical (unpaired) electrons. The van der Waals surface area contributed by atoms with E-state index in [1.807, 2.05) is 0 Å². The van der Waals surface area contributed by atoms with Gasteiger partial charge in [0, 0.05) is 0 Å². The third kappa shape index (κ3) is 5.43. The Morgan fingerprint density at radius 1 is 1.40 bits per heavy atom. The molecular weight excluding hydrogens is 264 g/mol. The first-order chi connectivity index (χ1) is 9.19. The van der Waals surface area contributed by atoms with Crippen molar-refractivity contribution in [2.45, 2.75) is 45.3 Å². The van der Waals surface area contributed by atoms with Crippen molar-refractivity contribution in [3.63, 3.8) is 0 Å². The molecule has 0 saturated carbocycles. The summed E-state index contributed by atoms with van der Waals surface area (Å²) in [6.07, 6.45) is 0.757. The topological polar surface area (TPSA) is 114 Å². The summed E-state index contributed by atoms with van der Waals surface area (Å²) in [4.78, 5) is 34.8. The molecule has 1 unspecified atom stereocenters. The number of nitrogens with one attached hydrogen (secondary N) is 2. The van der Waals surface area contributed by atoms with E-state index in [1.54, 1.807) is 20.8 Å². The lowest BCUT2D eigenvalue weighted by Crippen LogP contribution is -2.55. The van der Waals surface area contributed by atoms with Gasteiger partial charge in [-0.1, -0.05) is 0 Å². The molecule has 20 heavy (non-hydrogen) atoms. The van der Waals surface area contributed by atoms with Crippen molar-refractivity contribution >= 4 is 17.9 Å². The zero-order chi connectivity index (χ0) is 15.3. The number of hydrogen-bond donors (Lipinski definition) is 3. The van der Waals surface area contributed by atoms with Crippen LogP contribution in [0.25, 0.3) is 0 Å². The molecule has 0 aliphatic carbocycles. The molecule has 1 aliphatic heterocycles. The summed E-state index contributed by atoms with van der Waals surface area (Å²) in [6.45, 7) is 5.38. The number of ether oxygens (including phenoxy) is 1. The molecular formula is C12H22N4O4. The van der Waals surface area contributed by atoms with E-state index in [9.17, 15) is 14.4 Å². The van der Waals surface area contributed by atoms with E-state index in [1.165, 1.54) is 0 Å². The van der Waals surface area contributed by atoms with E-state index in [-0.39, 0.29) is 11.9 Å². The first kappa shape index (κ1) is 16.2. The number of hydrazine groups is 1. The second kappa shape index (κ2) is 6.56. The summed E-state index contributed by atoms with van der Waals surface area (Å²) < 4.78 is 5.11. The Bertz CT molecular complexity index is 385. The monoisotopic (exact) mass is 286 g/mol. The first-order valence-corrected chi connectivity index (χ1v) is 6.52. The summed E-state index contributed by atoms with van der Waals surface area (Å²) in [5, 5.41) is 3.80. The van der Waals surface area contributed by atoms with Gasteiger partial charge in [-0.2, -0.15) is 0 Å².